The Bertz CT molecular complexity index is 717. The lowest BCUT2D eigenvalue weighted by molar-refractivity contribution is -0.142. The Kier molecular flexibility index (Phi) is 6.35. The summed E-state index contributed by atoms with van der Waals surface area (Å²) in [6.45, 7) is 4.42. The zero-order chi connectivity index (χ0) is 18.4. The van der Waals surface area contributed by atoms with Crippen LogP contribution in [0.4, 0.5) is 0 Å². The SMILES string of the molecule is CCOc1cc(/C=C2\NC(=S)N(CC)C2=O)ccc1OCC(=O)OC. The first-order chi connectivity index (χ1) is 12.0. The third kappa shape index (κ3) is 4.48. The van der Waals surface area contributed by atoms with E-state index in [-0.39, 0.29) is 12.5 Å². The topological polar surface area (TPSA) is 77.1 Å². The number of nitrogens with one attached hydrogen (secondary N) is 1. The maximum atomic E-state index is 12.2. The third-order valence-electron chi connectivity index (χ3n) is 3.43. The summed E-state index contributed by atoms with van der Waals surface area (Å²) < 4.78 is 15.5. The molecule has 0 aromatic heterocycles. The Hall–Kier alpha value is -2.61. The molecule has 1 aliphatic rings. The van der Waals surface area contributed by atoms with Crippen LogP contribution >= 0.6 is 12.2 Å². The molecule has 1 fully saturated rings. The fourth-order valence-electron chi connectivity index (χ4n) is 2.22. The van der Waals surface area contributed by atoms with Crippen LogP contribution in [0.15, 0.2) is 23.9 Å². The number of esters is 1. The van der Waals surface area contributed by atoms with E-state index in [4.69, 9.17) is 21.7 Å². The number of methoxy groups -OCH3 is 1. The van der Waals surface area contributed by atoms with E-state index in [1.807, 2.05) is 13.8 Å². The van der Waals surface area contributed by atoms with Gasteiger partial charge in [-0.05, 0) is 49.8 Å². The number of rotatable bonds is 7. The molecule has 8 heteroatoms. The second-order valence-electron chi connectivity index (χ2n) is 5.04. The molecule has 7 nitrogen and oxygen atoms in total. The minimum atomic E-state index is -0.484. The van der Waals surface area contributed by atoms with Crippen LogP contribution < -0.4 is 14.8 Å². The van der Waals surface area contributed by atoms with Crippen LogP contribution in [-0.2, 0) is 14.3 Å². The third-order valence-corrected chi connectivity index (χ3v) is 3.75. The number of hydrogen-bond acceptors (Lipinski definition) is 6. The van der Waals surface area contributed by atoms with Crippen LogP contribution in [0, 0.1) is 0 Å². The second-order valence-corrected chi connectivity index (χ2v) is 5.43. The van der Waals surface area contributed by atoms with E-state index in [1.165, 1.54) is 12.0 Å². The minimum Gasteiger partial charge on any atom is -0.490 e. The molecule has 1 amide bonds. The van der Waals surface area contributed by atoms with Gasteiger partial charge in [0.05, 0.1) is 13.7 Å². The van der Waals surface area contributed by atoms with Gasteiger partial charge in [-0.2, -0.15) is 0 Å². The van der Waals surface area contributed by atoms with Gasteiger partial charge in [-0.25, -0.2) is 4.79 Å². The quantitative estimate of drug-likeness (QED) is 0.448. The first-order valence-corrected chi connectivity index (χ1v) is 8.22. The van der Waals surface area contributed by atoms with Crippen molar-refractivity contribution in [3.05, 3.63) is 29.5 Å². The number of likely N-dealkylation sites (N-methyl/N-ethyl adjacent to an activating group) is 1. The molecule has 1 aliphatic heterocycles. The fraction of sp³-hybridized carbons (Fsp3) is 0.353. The molecule has 0 atom stereocenters. The summed E-state index contributed by atoms with van der Waals surface area (Å²) in [5, 5.41) is 3.29. The van der Waals surface area contributed by atoms with Crippen LogP contribution in [-0.4, -0.2) is 48.8 Å². The van der Waals surface area contributed by atoms with Crippen LogP contribution in [0.1, 0.15) is 19.4 Å². The molecule has 1 N–H and O–H groups in total. The van der Waals surface area contributed by atoms with Crippen molar-refractivity contribution in [2.45, 2.75) is 13.8 Å². The monoisotopic (exact) mass is 364 g/mol. The van der Waals surface area contributed by atoms with E-state index in [0.717, 1.165) is 5.56 Å². The number of thiocarbonyl (C=S) groups is 1. The van der Waals surface area contributed by atoms with Crippen molar-refractivity contribution >= 4 is 35.3 Å². The molecule has 0 aliphatic carbocycles. The molecular weight excluding hydrogens is 344 g/mol. The van der Waals surface area contributed by atoms with Crippen molar-refractivity contribution in [2.24, 2.45) is 0 Å². The number of carbonyl (C=O) groups is 2. The van der Waals surface area contributed by atoms with Gasteiger partial charge in [0.1, 0.15) is 5.70 Å². The Morgan fingerprint density at radius 2 is 2.04 bits per heavy atom. The highest BCUT2D eigenvalue weighted by atomic mass is 32.1. The predicted octanol–water partition coefficient (Wildman–Crippen LogP) is 1.71. The van der Waals surface area contributed by atoms with Gasteiger partial charge in [-0.15, -0.1) is 0 Å². The first-order valence-electron chi connectivity index (χ1n) is 7.81. The number of carbonyl (C=O) groups excluding carboxylic acids is 2. The number of benzene rings is 1. The number of ether oxygens (including phenoxy) is 3. The first kappa shape index (κ1) is 18.7. The largest absolute Gasteiger partial charge is 0.490 e. The van der Waals surface area contributed by atoms with Gasteiger partial charge in [-0.3, -0.25) is 9.69 Å². The average Bonchev–Trinajstić information content (AvgIpc) is 2.87. The van der Waals surface area contributed by atoms with E-state index < -0.39 is 5.97 Å². The van der Waals surface area contributed by atoms with Crippen molar-refractivity contribution in [1.29, 1.82) is 0 Å². The van der Waals surface area contributed by atoms with Gasteiger partial charge in [0, 0.05) is 6.54 Å². The predicted molar refractivity (Wildman–Crippen MR) is 96.2 cm³/mol. The summed E-state index contributed by atoms with van der Waals surface area (Å²) in [5.41, 5.74) is 1.14. The molecule has 2 rings (SSSR count). The highest BCUT2D eigenvalue weighted by Gasteiger charge is 2.29. The number of hydrogen-bond donors (Lipinski definition) is 1. The molecular formula is C17H20N2O5S. The van der Waals surface area contributed by atoms with E-state index in [1.54, 1.807) is 24.3 Å². The van der Waals surface area contributed by atoms with Crippen LogP contribution in [0.5, 0.6) is 11.5 Å². The normalized spacial score (nSPS) is 15.3. The molecule has 134 valence electrons. The van der Waals surface area contributed by atoms with Gasteiger partial charge < -0.3 is 19.5 Å². The molecule has 1 heterocycles. The fourth-order valence-corrected chi connectivity index (χ4v) is 2.55. The molecule has 0 unspecified atom stereocenters. The van der Waals surface area contributed by atoms with E-state index in [0.29, 0.717) is 35.5 Å². The number of nitrogens with zero attached hydrogens (tertiary/aromatic N) is 1. The Morgan fingerprint density at radius 1 is 1.28 bits per heavy atom. The Morgan fingerprint density at radius 3 is 2.64 bits per heavy atom. The van der Waals surface area contributed by atoms with Crippen LogP contribution in [0.25, 0.3) is 6.08 Å². The highest BCUT2D eigenvalue weighted by Crippen LogP contribution is 2.29. The molecule has 0 bridgehead atoms. The van der Waals surface area contributed by atoms with E-state index in [2.05, 4.69) is 10.1 Å². The smallest absolute Gasteiger partial charge is 0.343 e. The molecule has 0 saturated carbocycles. The standard InChI is InChI=1S/C17H20N2O5S/c1-4-19-16(21)12(18-17(19)25)8-11-6-7-13(14(9-11)23-5-2)24-10-15(20)22-3/h6-9H,4-5,10H2,1-3H3,(H,18,25)/b12-8-. The Balaban J connectivity index is 2.23. The van der Waals surface area contributed by atoms with Gasteiger partial charge in [0.15, 0.2) is 23.2 Å². The van der Waals surface area contributed by atoms with Crippen molar-refractivity contribution in [3.8, 4) is 11.5 Å². The second kappa shape index (κ2) is 8.48. The average molecular weight is 364 g/mol. The van der Waals surface area contributed by atoms with Crippen LogP contribution in [0.3, 0.4) is 0 Å². The van der Waals surface area contributed by atoms with Gasteiger partial charge in [0.2, 0.25) is 0 Å². The zero-order valence-electron chi connectivity index (χ0n) is 14.3. The maximum absolute atomic E-state index is 12.2. The zero-order valence-corrected chi connectivity index (χ0v) is 15.1. The Labute approximate surface area is 151 Å². The lowest BCUT2D eigenvalue weighted by Gasteiger charge is -2.12. The van der Waals surface area contributed by atoms with E-state index >= 15 is 0 Å². The summed E-state index contributed by atoms with van der Waals surface area (Å²) >= 11 is 5.13. The van der Waals surface area contributed by atoms with Gasteiger partial charge in [-0.1, -0.05) is 6.07 Å². The van der Waals surface area contributed by atoms with Crippen molar-refractivity contribution in [3.63, 3.8) is 0 Å². The molecule has 0 spiro atoms. The molecule has 0 radical (unpaired) electrons. The van der Waals surface area contributed by atoms with Crippen molar-refractivity contribution in [1.82, 2.24) is 10.2 Å². The summed E-state index contributed by atoms with van der Waals surface area (Å²) in [4.78, 5) is 24.9. The van der Waals surface area contributed by atoms with E-state index in [9.17, 15) is 9.59 Å². The molecule has 1 aromatic rings. The summed E-state index contributed by atoms with van der Waals surface area (Å²) in [6.07, 6.45) is 1.69. The van der Waals surface area contributed by atoms with Crippen molar-refractivity contribution < 1.29 is 23.8 Å². The maximum Gasteiger partial charge on any atom is 0.343 e. The summed E-state index contributed by atoms with van der Waals surface area (Å²) in [6, 6.07) is 5.17. The van der Waals surface area contributed by atoms with Crippen LogP contribution in [0.2, 0.25) is 0 Å². The highest BCUT2D eigenvalue weighted by molar-refractivity contribution is 7.80. The van der Waals surface area contributed by atoms with Gasteiger partial charge in [0.25, 0.3) is 5.91 Å². The van der Waals surface area contributed by atoms with Crippen molar-refractivity contribution in [2.75, 3.05) is 26.9 Å². The lowest BCUT2D eigenvalue weighted by atomic mass is 10.1. The molecule has 1 saturated heterocycles. The molecule has 25 heavy (non-hydrogen) atoms. The molecule has 1 aromatic carbocycles. The minimum absolute atomic E-state index is 0.170. The summed E-state index contributed by atoms with van der Waals surface area (Å²) in [7, 11) is 1.29. The van der Waals surface area contributed by atoms with Gasteiger partial charge >= 0.3 is 5.97 Å². The summed E-state index contributed by atoms with van der Waals surface area (Å²) in [5.74, 6) is 0.242. The lowest BCUT2D eigenvalue weighted by Crippen LogP contribution is -2.30. The number of amides is 1.